The van der Waals surface area contributed by atoms with Gasteiger partial charge in [-0.15, -0.1) is 0 Å². The fraction of sp³-hybridized carbons (Fsp3) is 0.455. The summed E-state index contributed by atoms with van der Waals surface area (Å²) in [5.41, 5.74) is 2.78. The topological polar surface area (TPSA) is 12.0 Å². The Balaban J connectivity index is 2.68. The first-order valence-corrected chi connectivity index (χ1v) is 5.81. The largest absolute Gasteiger partial charge is 0.260 e. The normalized spacial score (nSPS) is 10.8. The van der Waals surface area contributed by atoms with E-state index in [9.17, 15) is 0 Å². The van der Waals surface area contributed by atoms with Gasteiger partial charge in [0.05, 0.1) is 0 Å². The summed E-state index contributed by atoms with van der Waals surface area (Å²) in [4.78, 5) is 0. The van der Waals surface area contributed by atoms with E-state index in [-0.39, 0.29) is 0 Å². The van der Waals surface area contributed by atoms with E-state index in [1.54, 1.807) is 11.9 Å². The molecule has 1 nitrogen and oxygen atoms in total. The SMILES string of the molecule is CSNCc1cccc(C(C)C)c1. The van der Waals surface area contributed by atoms with Crippen molar-refractivity contribution >= 4 is 11.9 Å². The average molecular weight is 195 g/mol. The Bertz CT molecular complexity index is 258. The molecule has 0 unspecified atom stereocenters. The Kier molecular flexibility index (Phi) is 4.33. The zero-order valence-corrected chi connectivity index (χ0v) is 9.32. The van der Waals surface area contributed by atoms with Crippen molar-refractivity contribution in [3.05, 3.63) is 35.4 Å². The van der Waals surface area contributed by atoms with Gasteiger partial charge in [0.2, 0.25) is 0 Å². The zero-order chi connectivity index (χ0) is 9.68. The van der Waals surface area contributed by atoms with Crippen molar-refractivity contribution in [2.75, 3.05) is 6.26 Å². The molecule has 1 N–H and O–H groups in total. The van der Waals surface area contributed by atoms with Crippen molar-refractivity contribution in [2.24, 2.45) is 0 Å². The summed E-state index contributed by atoms with van der Waals surface area (Å²) < 4.78 is 3.25. The molecule has 13 heavy (non-hydrogen) atoms. The molecule has 0 fully saturated rings. The van der Waals surface area contributed by atoms with Crippen molar-refractivity contribution in [1.29, 1.82) is 0 Å². The summed E-state index contributed by atoms with van der Waals surface area (Å²) in [6.45, 7) is 5.39. The van der Waals surface area contributed by atoms with E-state index in [0.717, 1.165) is 6.54 Å². The number of benzene rings is 1. The monoisotopic (exact) mass is 195 g/mol. The highest BCUT2D eigenvalue weighted by Gasteiger charge is 1.99. The van der Waals surface area contributed by atoms with Crippen LogP contribution in [0.15, 0.2) is 24.3 Å². The van der Waals surface area contributed by atoms with E-state index in [1.165, 1.54) is 11.1 Å². The third-order valence-corrected chi connectivity index (χ3v) is 2.47. The first-order valence-electron chi connectivity index (χ1n) is 4.58. The highest BCUT2D eigenvalue weighted by Crippen LogP contribution is 2.15. The van der Waals surface area contributed by atoms with Crippen LogP contribution < -0.4 is 4.72 Å². The summed E-state index contributed by atoms with van der Waals surface area (Å²) in [6.07, 6.45) is 2.05. The van der Waals surface area contributed by atoms with Crippen molar-refractivity contribution in [2.45, 2.75) is 26.3 Å². The minimum atomic E-state index is 0.620. The molecule has 0 saturated carbocycles. The molecule has 1 aromatic carbocycles. The molecular formula is C11H17NS. The molecular weight excluding hydrogens is 178 g/mol. The summed E-state index contributed by atoms with van der Waals surface area (Å²) >= 11 is 1.66. The number of hydrogen-bond acceptors (Lipinski definition) is 2. The fourth-order valence-electron chi connectivity index (χ4n) is 1.22. The second-order valence-corrected chi connectivity index (χ2v) is 4.12. The fourth-order valence-corrected chi connectivity index (χ4v) is 1.53. The lowest BCUT2D eigenvalue weighted by Gasteiger charge is -2.07. The van der Waals surface area contributed by atoms with Crippen LogP contribution in [-0.2, 0) is 6.54 Å². The van der Waals surface area contributed by atoms with Crippen LogP contribution in [0.5, 0.6) is 0 Å². The highest BCUT2D eigenvalue weighted by atomic mass is 32.2. The maximum absolute atomic E-state index is 3.25. The third kappa shape index (κ3) is 3.41. The van der Waals surface area contributed by atoms with Crippen molar-refractivity contribution in [3.63, 3.8) is 0 Å². The smallest absolute Gasteiger partial charge is 0.0309 e. The predicted octanol–water partition coefficient (Wildman–Crippen LogP) is 3.18. The van der Waals surface area contributed by atoms with Crippen molar-refractivity contribution < 1.29 is 0 Å². The molecule has 0 atom stereocenters. The number of rotatable bonds is 4. The Labute approximate surface area is 85.1 Å². The Morgan fingerprint density at radius 1 is 1.38 bits per heavy atom. The Morgan fingerprint density at radius 2 is 2.15 bits per heavy atom. The maximum atomic E-state index is 3.25. The van der Waals surface area contributed by atoms with Gasteiger partial charge in [0.25, 0.3) is 0 Å². The van der Waals surface area contributed by atoms with Crippen LogP contribution in [0.4, 0.5) is 0 Å². The highest BCUT2D eigenvalue weighted by molar-refractivity contribution is 7.96. The van der Waals surface area contributed by atoms with Gasteiger partial charge in [-0.25, -0.2) is 0 Å². The van der Waals surface area contributed by atoms with E-state index < -0.39 is 0 Å². The number of nitrogens with one attached hydrogen (secondary N) is 1. The standard InChI is InChI=1S/C11H17NS/c1-9(2)11-6-4-5-10(7-11)8-12-13-3/h4-7,9,12H,8H2,1-3H3. The van der Waals surface area contributed by atoms with Crippen LogP contribution in [0.2, 0.25) is 0 Å². The maximum Gasteiger partial charge on any atom is 0.0309 e. The van der Waals surface area contributed by atoms with E-state index >= 15 is 0 Å². The van der Waals surface area contributed by atoms with Gasteiger partial charge in [-0.3, -0.25) is 4.72 Å². The van der Waals surface area contributed by atoms with Gasteiger partial charge in [0.1, 0.15) is 0 Å². The summed E-state index contributed by atoms with van der Waals surface area (Å²) in [7, 11) is 0. The van der Waals surface area contributed by atoms with E-state index in [2.05, 4.69) is 42.8 Å². The molecule has 0 bridgehead atoms. The minimum Gasteiger partial charge on any atom is -0.260 e. The van der Waals surface area contributed by atoms with Gasteiger partial charge in [-0.05, 0) is 23.3 Å². The predicted molar refractivity (Wildman–Crippen MR) is 60.9 cm³/mol. The van der Waals surface area contributed by atoms with Gasteiger partial charge in [-0.1, -0.05) is 50.1 Å². The van der Waals surface area contributed by atoms with Crippen molar-refractivity contribution in [1.82, 2.24) is 4.72 Å². The van der Waals surface area contributed by atoms with E-state index in [1.807, 2.05) is 6.26 Å². The average Bonchev–Trinajstić information content (AvgIpc) is 2.15. The first kappa shape index (κ1) is 10.6. The Hall–Kier alpha value is -0.470. The molecule has 0 aromatic heterocycles. The molecule has 1 rings (SSSR count). The quantitative estimate of drug-likeness (QED) is 0.741. The molecule has 0 radical (unpaired) electrons. The third-order valence-electron chi connectivity index (χ3n) is 2.04. The lowest BCUT2D eigenvalue weighted by atomic mass is 10.0. The van der Waals surface area contributed by atoms with Crippen LogP contribution in [0.1, 0.15) is 30.9 Å². The van der Waals surface area contributed by atoms with Gasteiger partial charge >= 0.3 is 0 Å². The molecule has 0 saturated heterocycles. The van der Waals surface area contributed by atoms with Crippen LogP contribution in [0.25, 0.3) is 0 Å². The van der Waals surface area contributed by atoms with Crippen LogP contribution in [0.3, 0.4) is 0 Å². The summed E-state index contributed by atoms with van der Waals surface area (Å²) in [6, 6.07) is 8.75. The van der Waals surface area contributed by atoms with Gasteiger partial charge in [0.15, 0.2) is 0 Å². The van der Waals surface area contributed by atoms with E-state index in [0.29, 0.717) is 5.92 Å². The first-order chi connectivity index (χ1) is 6.24. The molecule has 0 heterocycles. The molecule has 0 aliphatic rings. The van der Waals surface area contributed by atoms with Crippen LogP contribution in [0, 0.1) is 0 Å². The molecule has 1 aromatic rings. The molecule has 72 valence electrons. The summed E-state index contributed by atoms with van der Waals surface area (Å²) in [5.74, 6) is 0.620. The van der Waals surface area contributed by atoms with Crippen LogP contribution in [-0.4, -0.2) is 6.26 Å². The second kappa shape index (κ2) is 5.30. The molecule has 0 spiro atoms. The van der Waals surface area contributed by atoms with Crippen molar-refractivity contribution in [3.8, 4) is 0 Å². The molecule has 2 heteroatoms. The Morgan fingerprint density at radius 3 is 2.77 bits per heavy atom. The molecule has 0 amide bonds. The van der Waals surface area contributed by atoms with Gasteiger partial charge in [-0.2, -0.15) is 0 Å². The van der Waals surface area contributed by atoms with Gasteiger partial charge < -0.3 is 0 Å². The van der Waals surface area contributed by atoms with Gasteiger partial charge in [0, 0.05) is 6.54 Å². The summed E-state index contributed by atoms with van der Waals surface area (Å²) in [5, 5.41) is 0. The number of hydrogen-bond donors (Lipinski definition) is 1. The van der Waals surface area contributed by atoms with Crippen LogP contribution >= 0.6 is 11.9 Å². The second-order valence-electron chi connectivity index (χ2n) is 3.42. The van der Waals surface area contributed by atoms with E-state index in [4.69, 9.17) is 0 Å². The molecule has 0 aliphatic carbocycles. The minimum absolute atomic E-state index is 0.620. The molecule has 0 aliphatic heterocycles. The lowest BCUT2D eigenvalue weighted by molar-refractivity contribution is 0.858. The zero-order valence-electron chi connectivity index (χ0n) is 8.50. The lowest BCUT2D eigenvalue weighted by Crippen LogP contribution is -2.02.